The number of nitrogens with one attached hydrogen (secondary N) is 1. The summed E-state index contributed by atoms with van der Waals surface area (Å²) in [5, 5.41) is 24.1. The summed E-state index contributed by atoms with van der Waals surface area (Å²) in [5.74, 6) is 0.136. The van der Waals surface area contributed by atoms with Crippen LogP contribution in [0.15, 0.2) is 41.5 Å². The molecular weight excluding hydrogens is 330 g/mol. The second-order valence-electron chi connectivity index (χ2n) is 4.77. The number of non-ortho nitro benzene ring substituents is 1. The number of hydrogen-bond donors (Lipinski definition) is 2. The SMILES string of the molecule is COc1ccc(C(=O)NN=Cc2cc([N+](=O)[O-])ccc2O)cc1OC. The minimum Gasteiger partial charge on any atom is -0.507 e. The van der Waals surface area contributed by atoms with E-state index in [2.05, 4.69) is 10.5 Å². The van der Waals surface area contributed by atoms with E-state index >= 15 is 0 Å². The number of phenols is 1. The first-order valence-corrected chi connectivity index (χ1v) is 6.99. The van der Waals surface area contributed by atoms with Crippen molar-refractivity contribution in [3.05, 3.63) is 57.6 Å². The van der Waals surface area contributed by atoms with Crippen molar-refractivity contribution in [2.24, 2.45) is 5.10 Å². The Hall–Kier alpha value is -3.62. The topological polar surface area (TPSA) is 123 Å². The van der Waals surface area contributed by atoms with Crippen molar-refractivity contribution >= 4 is 17.8 Å². The van der Waals surface area contributed by atoms with Crippen molar-refractivity contribution in [2.75, 3.05) is 14.2 Å². The van der Waals surface area contributed by atoms with E-state index in [1.807, 2.05) is 0 Å². The van der Waals surface area contributed by atoms with Gasteiger partial charge in [-0.15, -0.1) is 0 Å². The first-order chi connectivity index (χ1) is 12.0. The number of nitro benzene ring substituents is 1. The number of aromatic hydroxyl groups is 1. The van der Waals surface area contributed by atoms with Crippen LogP contribution in [0.2, 0.25) is 0 Å². The monoisotopic (exact) mass is 345 g/mol. The Bertz CT molecular complexity index is 835. The first-order valence-electron chi connectivity index (χ1n) is 6.99. The molecule has 9 heteroatoms. The van der Waals surface area contributed by atoms with Gasteiger partial charge in [0, 0.05) is 23.3 Å². The lowest BCUT2D eigenvalue weighted by Crippen LogP contribution is -2.17. The molecule has 0 aliphatic heterocycles. The Morgan fingerprint density at radius 1 is 1.20 bits per heavy atom. The molecule has 0 fully saturated rings. The van der Waals surface area contributed by atoms with Crippen molar-refractivity contribution in [2.45, 2.75) is 0 Å². The van der Waals surface area contributed by atoms with Crippen LogP contribution in [0.25, 0.3) is 0 Å². The van der Waals surface area contributed by atoms with Crippen LogP contribution in [-0.2, 0) is 0 Å². The molecule has 0 saturated heterocycles. The molecule has 0 aliphatic rings. The largest absolute Gasteiger partial charge is 0.507 e. The van der Waals surface area contributed by atoms with Gasteiger partial charge < -0.3 is 14.6 Å². The van der Waals surface area contributed by atoms with Gasteiger partial charge in [-0.3, -0.25) is 14.9 Å². The number of hydrogen-bond acceptors (Lipinski definition) is 7. The molecule has 9 nitrogen and oxygen atoms in total. The number of benzene rings is 2. The molecule has 0 aliphatic carbocycles. The Kier molecular flexibility index (Phi) is 5.51. The molecule has 0 radical (unpaired) electrons. The van der Waals surface area contributed by atoms with Crippen LogP contribution in [0, 0.1) is 10.1 Å². The van der Waals surface area contributed by atoms with E-state index in [0.717, 1.165) is 18.3 Å². The quantitative estimate of drug-likeness (QED) is 0.469. The van der Waals surface area contributed by atoms with E-state index in [9.17, 15) is 20.0 Å². The highest BCUT2D eigenvalue weighted by Crippen LogP contribution is 2.27. The van der Waals surface area contributed by atoms with E-state index in [-0.39, 0.29) is 22.6 Å². The first kappa shape index (κ1) is 17.7. The minimum absolute atomic E-state index is 0.0989. The summed E-state index contributed by atoms with van der Waals surface area (Å²) >= 11 is 0. The molecule has 0 atom stereocenters. The Morgan fingerprint density at radius 2 is 1.92 bits per heavy atom. The molecule has 2 aromatic carbocycles. The molecule has 0 bridgehead atoms. The third-order valence-electron chi connectivity index (χ3n) is 3.24. The second kappa shape index (κ2) is 7.77. The molecule has 130 valence electrons. The van der Waals surface area contributed by atoms with Gasteiger partial charge in [0.1, 0.15) is 5.75 Å². The van der Waals surface area contributed by atoms with Gasteiger partial charge in [-0.05, 0) is 24.3 Å². The molecular formula is C16H15N3O6. The molecule has 25 heavy (non-hydrogen) atoms. The van der Waals surface area contributed by atoms with Crippen LogP contribution >= 0.6 is 0 Å². The number of hydrazone groups is 1. The van der Waals surface area contributed by atoms with Crippen molar-refractivity contribution in [1.29, 1.82) is 0 Å². The summed E-state index contributed by atoms with van der Waals surface area (Å²) in [6.45, 7) is 0. The van der Waals surface area contributed by atoms with Crippen LogP contribution in [-0.4, -0.2) is 36.4 Å². The van der Waals surface area contributed by atoms with E-state index in [1.165, 1.54) is 32.4 Å². The highest BCUT2D eigenvalue weighted by molar-refractivity contribution is 5.95. The number of nitrogens with zero attached hydrogens (tertiary/aromatic N) is 2. The van der Waals surface area contributed by atoms with E-state index in [0.29, 0.717) is 11.5 Å². The average molecular weight is 345 g/mol. The van der Waals surface area contributed by atoms with E-state index in [1.54, 1.807) is 6.07 Å². The zero-order chi connectivity index (χ0) is 18.4. The Balaban J connectivity index is 2.13. The summed E-state index contributed by atoms with van der Waals surface area (Å²) < 4.78 is 10.2. The maximum atomic E-state index is 12.1. The molecule has 0 unspecified atom stereocenters. The van der Waals surface area contributed by atoms with Gasteiger partial charge in [0.15, 0.2) is 11.5 Å². The standard InChI is InChI=1S/C16H15N3O6/c1-24-14-6-3-10(8-15(14)25-2)16(21)18-17-9-11-7-12(19(22)23)4-5-13(11)20/h3-9,20H,1-2H3,(H,18,21). The molecule has 2 aromatic rings. The normalized spacial score (nSPS) is 10.5. The molecule has 0 aromatic heterocycles. The number of amides is 1. The Labute approximate surface area is 142 Å². The van der Waals surface area contributed by atoms with Crippen LogP contribution in [0.4, 0.5) is 5.69 Å². The average Bonchev–Trinajstić information content (AvgIpc) is 2.62. The van der Waals surface area contributed by atoms with Crippen molar-refractivity contribution < 1.29 is 24.3 Å². The molecule has 2 N–H and O–H groups in total. The van der Waals surface area contributed by atoms with Crippen LogP contribution in [0.3, 0.4) is 0 Å². The van der Waals surface area contributed by atoms with Crippen LogP contribution in [0.5, 0.6) is 17.2 Å². The summed E-state index contributed by atoms with van der Waals surface area (Å²) in [6, 6.07) is 8.06. The number of rotatable bonds is 6. The maximum absolute atomic E-state index is 12.1. The summed E-state index contributed by atoms with van der Waals surface area (Å²) in [6.07, 6.45) is 1.11. The third-order valence-corrected chi connectivity index (χ3v) is 3.24. The summed E-state index contributed by atoms with van der Waals surface area (Å²) in [4.78, 5) is 22.2. The van der Waals surface area contributed by atoms with Gasteiger partial charge in [0.25, 0.3) is 11.6 Å². The number of phenolic OH excluding ortho intramolecular Hbond substituents is 1. The van der Waals surface area contributed by atoms with Gasteiger partial charge >= 0.3 is 0 Å². The van der Waals surface area contributed by atoms with E-state index < -0.39 is 10.8 Å². The van der Waals surface area contributed by atoms with Crippen LogP contribution in [0.1, 0.15) is 15.9 Å². The predicted octanol–water partition coefficient (Wildman–Crippen LogP) is 2.08. The number of ether oxygens (including phenoxy) is 2. The fraction of sp³-hybridized carbons (Fsp3) is 0.125. The number of carbonyl (C=O) groups excluding carboxylic acids is 1. The second-order valence-corrected chi connectivity index (χ2v) is 4.77. The van der Waals surface area contributed by atoms with Gasteiger partial charge in [-0.25, -0.2) is 5.43 Å². The maximum Gasteiger partial charge on any atom is 0.271 e. The lowest BCUT2D eigenvalue weighted by molar-refractivity contribution is -0.384. The number of carbonyl (C=O) groups is 1. The fourth-order valence-electron chi connectivity index (χ4n) is 1.96. The molecule has 1 amide bonds. The lowest BCUT2D eigenvalue weighted by Gasteiger charge is -2.08. The van der Waals surface area contributed by atoms with Gasteiger partial charge in [0.05, 0.1) is 25.4 Å². The Morgan fingerprint density at radius 3 is 2.56 bits per heavy atom. The highest BCUT2D eigenvalue weighted by atomic mass is 16.6. The highest BCUT2D eigenvalue weighted by Gasteiger charge is 2.11. The number of methoxy groups -OCH3 is 2. The van der Waals surface area contributed by atoms with Crippen molar-refractivity contribution in [3.8, 4) is 17.2 Å². The van der Waals surface area contributed by atoms with Crippen molar-refractivity contribution in [3.63, 3.8) is 0 Å². The van der Waals surface area contributed by atoms with Gasteiger partial charge in [-0.1, -0.05) is 0 Å². The lowest BCUT2D eigenvalue weighted by atomic mass is 10.2. The third kappa shape index (κ3) is 4.22. The fourth-order valence-corrected chi connectivity index (χ4v) is 1.96. The molecule has 0 heterocycles. The summed E-state index contributed by atoms with van der Waals surface area (Å²) in [5.41, 5.74) is 2.44. The van der Waals surface area contributed by atoms with Gasteiger partial charge in [0.2, 0.25) is 0 Å². The zero-order valence-electron chi connectivity index (χ0n) is 13.4. The summed E-state index contributed by atoms with van der Waals surface area (Å²) in [7, 11) is 2.93. The minimum atomic E-state index is -0.598. The number of nitro groups is 1. The van der Waals surface area contributed by atoms with Crippen LogP contribution < -0.4 is 14.9 Å². The molecule has 0 saturated carbocycles. The predicted molar refractivity (Wildman–Crippen MR) is 89.4 cm³/mol. The van der Waals surface area contributed by atoms with Gasteiger partial charge in [-0.2, -0.15) is 5.10 Å². The van der Waals surface area contributed by atoms with E-state index in [4.69, 9.17) is 9.47 Å². The van der Waals surface area contributed by atoms with Crippen molar-refractivity contribution in [1.82, 2.24) is 5.43 Å². The smallest absolute Gasteiger partial charge is 0.271 e. The molecule has 0 spiro atoms. The molecule has 2 rings (SSSR count). The zero-order valence-corrected chi connectivity index (χ0v) is 13.4.